The van der Waals surface area contributed by atoms with E-state index in [0.29, 0.717) is 13.1 Å². The molecule has 0 aromatic rings. The molecule has 1 fully saturated rings. The highest BCUT2D eigenvalue weighted by atomic mass is 16.3. The summed E-state index contributed by atoms with van der Waals surface area (Å²) in [7, 11) is 0. The van der Waals surface area contributed by atoms with Crippen molar-refractivity contribution in [3.63, 3.8) is 0 Å². The monoisotopic (exact) mass is 158 g/mol. The maximum Gasteiger partial charge on any atom is 0.254 e. The zero-order valence-electron chi connectivity index (χ0n) is 6.87. The van der Waals surface area contributed by atoms with Crippen LogP contribution in [-0.2, 0) is 4.79 Å². The molecule has 0 bridgehead atoms. The van der Waals surface area contributed by atoms with Crippen LogP contribution in [0.5, 0.6) is 0 Å². The van der Waals surface area contributed by atoms with Crippen LogP contribution < -0.4 is 5.73 Å². The van der Waals surface area contributed by atoms with Gasteiger partial charge in [0.1, 0.15) is 5.60 Å². The van der Waals surface area contributed by atoms with Crippen LogP contribution in [0.4, 0.5) is 0 Å². The van der Waals surface area contributed by atoms with Gasteiger partial charge in [0.2, 0.25) is 0 Å². The molecule has 1 amide bonds. The van der Waals surface area contributed by atoms with E-state index in [1.165, 1.54) is 13.8 Å². The third-order valence-corrected chi connectivity index (χ3v) is 1.72. The Balaban J connectivity index is 2.45. The van der Waals surface area contributed by atoms with Crippen molar-refractivity contribution < 1.29 is 9.90 Å². The maximum absolute atomic E-state index is 11.2. The summed E-state index contributed by atoms with van der Waals surface area (Å²) >= 11 is 0. The summed E-state index contributed by atoms with van der Waals surface area (Å²) in [5, 5.41) is 9.28. The molecule has 4 heteroatoms. The van der Waals surface area contributed by atoms with Gasteiger partial charge in [0.05, 0.1) is 0 Å². The summed E-state index contributed by atoms with van der Waals surface area (Å²) in [6.45, 7) is 4.12. The first-order valence-corrected chi connectivity index (χ1v) is 3.68. The van der Waals surface area contributed by atoms with Crippen LogP contribution in [0.25, 0.3) is 0 Å². The second-order valence-electron chi connectivity index (χ2n) is 3.53. The van der Waals surface area contributed by atoms with Crippen LogP contribution in [0.2, 0.25) is 0 Å². The Morgan fingerprint density at radius 2 is 2.09 bits per heavy atom. The van der Waals surface area contributed by atoms with E-state index in [4.69, 9.17) is 5.73 Å². The average molecular weight is 158 g/mol. The van der Waals surface area contributed by atoms with Crippen molar-refractivity contribution in [3.05, 3.63) is 0 Å². The van der Waals surface area contributed by atoms with E-state index in [9.17, 15) is 9.90 Å². The summed E-state index contributed by atoms with van der Waals surface area (Å²) in [6.07, 6.45) is 0. The van der Waals surface area contributed by atoms with E-state index in [1.807, 2.05) is 0 Å². The van der Waals surface area contributed by atoms with E-state index in [1.54, 1.807) is 4.90 Å². The SMILES string of the molecule is CC(C)(O)C(=O)N1CC(N)C1. The van der Waals surface area contributed by atoms with Crippen LogP contribution in [0.1, 0.15) is 13.8 Å². The molecule has 1 heterocycles. The Morgan fingerprint density at radius 1 is 1.64 bits per heavy atom. The fraction of sp³-hybridized carbons (Fsp3) is 0.857. The summed E-state index contributed by atoms with van der Waals surface area (Å²) < 4.78 is 0. The van der Waals surface area contributed by atoms with Gasteiger partial charge in [0, 0.05) is 19.1 Å². The predicted molar refractivity (Wildman–Crippen MR) is 40.9 cm³/mol. The molecule has 0 radical (unpaired) electrons. The van der Waals surface area contributed by atoms with Crippen LogP contribution >= 0.6 is 0 Å². The Labute approximate surface area is 66.0 Å². The van der Waals surface area contributed by atoms with Crippen molar-refractivity contribution >= 4 is 5.91 Å². The number of carbonyl (C=O) groups excluding carboxylic acids is 1. The van der Waals surface area contributed by atoms with Gasteiger partial charge in [-0.25, -0.2) is 0 Å². The van der Waals surface area contributed by atoms with Gasteiger partial charge in [0.25, 0.3) is 5.91 Å². The standard InChI is InChI=1S/C7H14N2O2/c1-7(2,11)6(10)9-3-5(8)4-9/h5,11H,3-4,8H2,1-2H3. The molecule has 0 aromatic heterocycles. The molecule has 1 aliphatic heterocycles. The fourth-order valence-corrected chi connectivity index (χ4v) is 1.07. The Morgan fingerprint density at radius 3 is 2.36 bits per heavy atom. The van der Waals surface area contributed by atoms with Crippen LogP contribution in [0, 0.1) is 0 Å². The smallest absolute Gasteiger partial charge is 0.254 e. The molecule has 1 aliphatic rings. The summed E-state index contributed by atoms with van der Waals surface area (Å²) in [6, 6.07) is 0.0984. The second kappa shape index (κ2) is 2.46. The minimum atomic E-state index is -1.25. The number of rotatable bonds is 1. The molecule has 1 saturated heterocycles. The Bertz CT molecular complexity index is 168. The molecule has 4 nitrogen and oxygen atoms in total. The third kappa shape index (κ3) is 1.70. The van der Waals surface area contributed by atoms with Gasteiger partial charge >= 0.3 is 0 Å². The second-order valence-corrected chi connectivity index (χ2v) is 3.53. The van der Waals surface area contributed by atoms with E-state index in [2.05, 4.69) is 0 Å². The third-order valence-electron chi connectivity index (χ3n) is 1.72. The highest BCUT2D eigenvalue weighted by Crippen LogP contribution is 2.13. The lowest BCUT2D eigenvalue weighted by molar-refractivity contribution is -0.152. The molecule has 0 aliphatic carbocycles. The molecular formula is C7H14N2O2. The molecule has 0 aromatic carbocycles. The lowest BCUT2D eigenvalue weighted by Crippen LogP contribution is -2.61. The Kier molecular flexibility index (Phi) is 1.90. The van der Waals surface area contributed by atoms with Gasteiger partial charge in [-0.3, -0.25) is 4.79 Å². The quantitative estimate of drug-likeness (QED) is 0.510. The maximum atomic E-state index is 11.2. The topological polar surface area (TPSA) is 66.6 Å². The van der Waals surface area contributed by atoms with Crippen molar-refractivity contribution in [2.45, 2.75) is 25.5 Å². The van der Waals surface area contributed by atoms with Crippen molar-refractivity contribution in [2.75, 3.05) is 13.1 Å². The summed E-state index contributed by atoms with van der Waals surface area (Å²) in [5.74, 6) is -0.237. The lowest BCUT2D eigenvalue weighted by Gasteiger charge is -2.39. The zero-order valence-corrected chi connectivity index (χ0v) is 6.87. The first-order chi connectivity index (χ1) is 4.91. The molecule has 0 unspecified atom stereocenters. The van der Waals surface area contributed by atoms with E-state index in [0.717, 1.165) is 0 Å². The largest absolute Gasteiger partial charge is 0.381 e. The number of aliphatic hydroxyl groups is 1. The Hall–Kier alpha value is -0.610. The average Bonchev–Trinajstić information content (AvgIpc) is 1.77. The lowest BCUT2D eigenvalue weighted by atomic mass is 10.0. The molecule has 0 saturated carbocycles. The van der Waals surface area contributed by atoms with Crippen molar-refractivity contribution in [1.29, 1.82) is 0 Å². The highest BCUT2D eigenvalue weighted by molar-refractivity contribution is 5.84. The van der Waals surface area contributed by atoms with Gasteiger partial charge in [0.15, 0.2) is 0 Å². The van der Waals surface area contributed by atoms with Gasteiger partial charge in [-0.1, -0.05) is 0 Å². The number of likely N-dealkylation sites (tertiary alicyclic amines) is 1. The minimum absolute atomic E-state index is 0.0984. The van der Waals surface area contributed by atoms with E-state index < -0.39 is 5.60 Å². The molecule has 3 N–H and O–H groups in total. The van der Waals surface area contributed by atoms with Crippen LogP contribution in [0.3, 0.4) is 0 Å². The molecule has 0 atom stereocenters. The highest BCUT2D eigenvalue weighted by Gasteiger charge is 2.35. The predicted octanol–water partition coefficient (Wildman–Crippen LogP) is -1.07. The summed E-state index contributed by atoms with van der Waals surface area (Å²) in [5.41, 5.74) is 4.22. The van der Waals surface area contributed by atoms with Gasteiger partial charge in [-0.05, 0) is 13.8 Å². The normalized spacial score (nSPS) is 19.8. The first-order valence-electron chi connectivity index (χ1n) is 3.68. The van der Waals surface area contributed by atoms with E-state index in [-0.39, 0.29) is 11.9 Å². The van der Waals surface area contributed by atoms with E-state index >= 15 is 0 Å². The number of hydrogen-bond acceptors (Lipinski definition) is 3. The molecular weight excluding hydrogens is 144 g/mol. The number of amides is 1. The molecule has 0 spiro atoms. The van der Waals surface area contributed by atoms with Crippen LogP contribution in [0.15, 0.2) is 0 Å². The van der Waals surface area contributed by atoms with Crippen molar-refractivity contribution in [2.24, 2.45) is 5.73 Å². The van der Waals surface area contributed by atoms with Gasteiger partial charge in [-0.2, -0.15) is 0 Å². The molecule has 64 valence electrons. The van der Waals surface area contributed by atoms with Crippen molar-refractivity contribution in [3.8, 4) is 0 Å². The first kappa shape index (κ1) is 8.49. The molecule has 1 rings (SSSR count). The zero-order chi connectivity index (χ0) is 8.65. The number of hydrogen-bond donors (Lipinski definition) is 2. The number of nitrogens with two attached hydrogens (primary N) is 1. The fourth-order valence-electron chi connectivity index (χ4n) is 1.07. The number of carbonyl (C=O) groups is 1. The van der Waals surface area contributed by atoms with Gasteiger partial charge < -0.3 is 15.7 Å². The number of nitrogens with zero attached hydrogens (tertiary/aromatic N) is 1. The van der Waals surface area contributed by atoms with Gasteiger partial charge in [-0.15, -0.1) is 0 Å². The molecule has 11 heavy (non-hydrogen) atoms. The van der Waals surface area contributed by atoms with Crippen LogP contribution in [-0.4, -0.2) is 40.6 Å². The summed E-state index contributed by atoms with van der Waals surface area (Å²) in [4.78, 5) is 12.8. The van der Waals surface area contributed by atoms with Crippen molar-refractivity contribution in [1.82, 2.24) is 4.90 Å². The minimum Gasteiger partial charge on any atom is -0.381 e.